The standard InChI is InChI=1S/C28H40ClF2N5O/c1-7-10-13-32-15-22-12-11-21(6)35-25(22)27(37)36-18-28(30,31)14-20(5)24(36)17-34-26(19(4)8-2)33-16-23(29)9-3/h7,9-13,16,19-20,24,26,34H,8,14-15,17-18H2,1-6H3/b10-7-,23-9+,32-13-,33-16-/t19?,20-,24?,26?/m1/s1. The highest BCUT2D eigenvalue weighted by Crippen LogP contribution is 2.35. The molecule has 0 radical (unpaired) electrons. The van der Waals surface area contributed by atoms with E-state index in [1.54, 1.807) is 50.6 Å². The average molecular weight is 536 g/mol. The maximum absolute atomic E-state index is 14.7. The van der Waals surface area contributed by atoms with Crippen molar-refractivity contribution in [3.05, 3.63) is 52.3 Å². The van der Waals surface area contributed by atoms with Crippen LogP contribution in [0.2, 0.25) is 0 Å². The second-order valence-corrected chi connectivity index (χ2v) is 10.1. The Morgan fingerprint density at radius 3 is 2.76 bits per heavy atom. The van der Waals surface area contributed by atoms with Gasteiger partial charge in [-0.25, -0.2) is 13.8 Å². The molecular weight excluding hydrogens is 496 g/mol. The van der Waals surface area contributed by atoms with Gasteiger partial charge in [-0.2, -0.15) is 0 Å². The van der Waals surface area contributed by atoms with Crippen LogP contribution in [0.4, 0.5) is 8.78 Å². The minimum atomic E-state index is -2.98. The summed E-state index contributed by atoms with van der Waals surface area (Å²) in [4.78, 5) is 28.4. The Morgan fingerprint density at radius 1 is 1.38 bits per heavy atom. The van der Waals surface area contributed by atoms with E-state index in [2.05, 4.69) is 34.1 Å². The van der Waals surface area contributed by atoms with E-state index < -0.39 is 30.3 Å². The third-order valence-corrected chi connectivity index (χ3v) is 6.98. The van der Waals surface area contributed by atoms with Crippen molar-refractivity contribution in [1.82, 2.24) is 15.2 Å². The number of pyridine rings is 1. The summed E-state index contributed by atoms with van der Waals surface area (Å²) < 4.78 is 29.5. The van der Waals surface area contributed by atoms with Crippen LogP contribution in [0.1, 0.15) is 69.2 Å². The molecule has 1 aromatic rings. The van der Waals surface area contributed by atoms with Crippen LogP contribution in [0.15, 0.2) is 45.4 Å². The summed E-state index contributed by atoms with van der Waals surface area (Å²) >= 11 is 6.10. The van der Waals surface area contributed by atoms with Crippen molar-refractivity contribution in [3.63, 3.8) is 0 Å². The number of piperidine rings is 1. The minimum absolute atomic E-state index is 0.170. The number of likely N-dealkylation sites (tertiary alicyclic amines) is 1. The number of hydrogen-bond donors (Lipinski definition) is 1. The molecule has 4 atom stereocenters. The van der Waals surface area contributed by atoms with E-state index in [1.165, 1.54) is 4.90 Å². The van der Waals surface area contributed by atoms with Gasteiger partial charge in [0, 0.05) is 42.7 Å². The normalized spacial score (nSPS) is 22.3. The van der Waals surface area contributed by atoms with Gasteiger partial charge in [-0.3, -0.25) is 20.1 Å². The molecule has 1 amide bonds. The third kappa shape index (κ3) is 9.11. The molecule has 0 spiro atoms. The Morgan fingerprint density at radius 2 is 2.11 bits per heavy atom. The molecule has 1 fully saturated rings. The topological polar surface area (TPSA) is 70.0 Å². The van der Waals surface area contributed by atoms with Crippen molar-refractivity contribution in [2.24, 2.45) is 21.8 Å². The lowest BCUT2D eigenvalue weighted by atomic mass is 9.87. The molecule has 204 valence electrons. The van der Waals surface area contributed by atoms with Crippen LogP contribution in [0.5, 0.6) is 0 Å². The first-order valence-electron chi connectivity index (χ1n) is 12.9. The van der Waals surface area contributed by atoms with Gasteiger partial charge in [0.1, 0.15) is 11.9 Å². The number of rotatable bonds is 11. The highest BCUT2D eigenvalue weighted by molar-refractivity contribution is 6.39. The smallest absolute Gasteiger partial charge is 0.273 e. The first-order chi connectivity index (χ1) is 17.5. The monoisotopic (exact) mass is 535 g/mol. The molecule has 3 unspecified atom stereocenters. The van der Waals surface area contributed by atoms with Crippen LogP contribution < -0.4 is 5.32 Å². The molecule has 9 heteroatoms. The van der Waals surface area contributed by atoms with E-state index in [-0.39, 0.29) is 30.7 Å². The molecule has 0 saturated carbocycles. The molecule has 0 aliphatic carbocycles. The van der Waals surface area contributed by atoms with E-state index in [1.807, 2.05) is 19.9 Å². The van der Waals surface area contributed by atoms with E-state index >= 15 is 0 Å². The van der Waals surface area contributed by atoms with Crippen LogP contribution in [-0.4, -0.2) is 59.4 Å². The first-order valence-corrected chi connectivity index (χ1v) is 13.3. The van der Waals surface area contributed by atoms with Crippen LogP contribution in [0.3, 0.4) is 0 Å². The number of nitrogens with one attached hydrogen (secondary N) is 1. The van der Waals surface area contributed by atoms with Gasteiger partial charge >= 0.3 is 0 Å². The molecule has 6 nitrogen and oxygen atoms in total. The minimum Gasteiger partial charge on any atom is -0.327 e. The number of amides is 1. The van der Waals surface area contributed by atoms with Crippen LogP contribution >= 0.6 is 11.6 Å². The Hall–Kier alpha value is -2.45. The van der Waals surface area contributed by atoms with Crippen molar-refractivity contribution in [2.75, 3.05) is 13.1 Å². The SMILES string of the molecule is C/C=C\C=N/Cc1ccc(C)nc1C(=O)N1CC(F)(F)C[C@@H](C)C1CNC(/N=C\C(Cl)=C/C)C(C)CC. The van der Waals surface area contributed by atoms with Crippen LogP contribution in [0, 0.1) is 18.8 Å². The van der Waals surface area contributed by atoms with E-state index in [9.17, 15) is 13.6 Å². The molecule has 2 rings (SSSR count). The number of hydrogen-bond acceptors (Lipinski definition) is 5. The lowest BCUT2D eigenvalue weighted by molar-refractivity contribution is -0.0920. The summed E-state index contributed by atoms with van der Waals surface area (Å²) in [5, 5.41) is 3.93. The fourth-order valence-electron chi connectivity index (χ4n) is 4.30. The zero-order valence-electron chi connectivity index (χ0n) is 22.7. The second kappa shape index (κ2) is 14.5. The van der Waals surface area contributed by atoms with Gasteiger partial charge in [-0.1, -0.05) is 57.0 Å². The highest BCUT2D eigenvalue weighted by atomic mass is 35.5. The molecule has 1 saturated heterocycles. The summed E-state index contributed by atoms with van der Waals surface area (Å²) in [5.74, 6) is -3.73. The Kier molecular flexibility index (Phi) is 12.0. The van der Waals surface area contributed by atoms with Crippen molar-refractivity contribution in [3.8, 4) is 0 Å². The zero-order valence-corrected chi connectivity index (χ0v) is 23.5. The molecule has 0 bridgehead atoms. The summed E-state index contributed by atoms with van der Waals surface area (Å²) in [6, 6.07) is 3.14. The van der Waals surface area contributed by atoms with Crippen molar-refractivity contribution >= 4 is 29.9 Å². The average Bonchev–Trinajstić information content (AvgIpc) is 2.86. The quantitative estimate of drug-likeness (QED) is 0.343. The Labute approximate surface area is 225 Å². The van der Waals surface area contributed by atoms with Gasteiger partial charge < -0.3 is 4.90 Å². The Balaban J connectivity index is 2.37. The lowest BCUT2D eigenvalue weighted by Crippen LogP contribution is -2.59. The van der Waals surface area contributed by atoms with Gasteiger partial charge in [0.15, 0.2) is 0 Å². The summed E-state index contributed by atoms with van der Waals surface area (Å²) in [5.41, 5.74) is 1.42. The van der Waals surface area contributed by atoms with E-state index in [0.717, 1.165) is 6.42 Å². The Bertz CT molecular complexity index is 1020. The maximum Gasteiger partial charge on any atom is 0.273 e. The maximum atomic E-state index is 14.7. The summed E-state index contributed by atoms with van der Waals surface area (Å²) in [6.07, 6.45) is 8.95. The van der Waals surface area contributed by atoms with Gasteiger partial charge in [0.2, 0.25) is 0 Å². The van der Waals surface area contributed by atoms with E-state index in [0.29, 0.717) is 22.8 Å². The van der Waals surface area contributed by atoms with E-state index in [4.69, 9.17) is 11.6 Å². The molecule has 1 aliphatic heterocycles. The number of nitrogens with zero attached hydrogens (tertiary/aromatic N) is 4. The largest absolute Gasteiger partial charge is 0.327 e. The number of aliphatic imine (C=N–C) groups is 2. The summed E-state index contributed by atoms with van der Waals surface area (Å²) in [6.45, 7) is 11.3. The fraction of sp³-hybridized carbons (Fsp3) is 0.571. The molecule has 2 heterocycles. The fourth-order valence-corrected chi connectivity index (χ4v) is 4.36. The highest BCUT2D eigenvalue weighted by Gasteiger charge is 2.46. The van der Waals surface area contributed by atoms with Gasteiger partial charge in [0.25, 0.3) is 11.8 Å². The molecule has 1 aromatic heterocycles. The molecule has 1 N–H and O–H groups in total. The lowest BCUT2D eigenvalue weighted by Gasteiger charge is -2.44. The van der Waals surface area contributed by atoms with Crippen LogP contribution in [0.25, 0.3) is 0 Å². The molecule has 0 aromatic carbocycles. The number of halogens is 3. The third-order valence-electron chi connectivity index (χ3n) is 6.66. The van der Waals surface area contributed by atoms with Crippen molar-refractivity contribution in [1.29, 1.82) is 0 Å². The van der Waals surface area contributed by atoms with Gasteiger partial charge in [-0.05, 0) is 44.7 Å². The second-order valence-electron chi connectivity index (χ2n) is 9.70. The zero-order chi connectivity index (χ0) is 27.6. The number of allylic oxidation sites excluding steroid dienone is 4. The number of carbonyl (C=O) groups excluding carboxylic acids is 1. The molecule has 37 heavy (non-hydrogen) atoms. The molecular formula is C28H40ClF2N5O. The molecule has 1 aliphatic rings. The number of alkyl halides is 2. The number of aromatic nitrogens is 1. The predicted molar refractivity (Wildman–Crippen MR) is 149 cm³/mol. The van der Waals surface area contributed by atoms with Gasteiger partial charge in [0.05, 0.1) is 18.1 Å². The van der Waals surface area contributed by atoms with Crippen molar-refractivity contribution < 1.29 is 13.6 Å². The van der Waals surface area contributed by atoms with Crippen molar-refractivity contribution in [2.45, 2.75) is 79.1 Å². The summed E-state index contributed by atoms with van der Waals surface area (Å²) in [7, 11) is 0. The predicted octanol–water partition coefficient (Wildman–Crippen LogP) is 6.20. The number of carbonyl (C=O) groups is 1. The van der Waals surface area contributed by atoms with Crippen LogP contribution in [-0.2, 0) is 6.54 Å². The number of aryl methyl sites for hydroxylation is 1. The van der Waals surface area contributed by atoms with Gasteiger partial charge in [-0.15, -0.1) is 0 Å². The first kappa shape index (κ1) is 30.8.